The van der Waals surface area contributed by atoms with E-state index in [0.29, 0.717) is 19.0 Å². The van der Waals surface area contributed by atoms with Gasteiger partial charge in [-0.1, -0.05) is 39.7 Å². The van der Waals surface area contributed by atoms with Crippen LogP contribution in [0.4, 0.5) is 4.79 Å². The lowest BCUT2D eigenvalue weighted by molar-refractivity contribution is 0.0178. The summed E-state index contributed by atoms with van der Waals surface area (Å²) in [7, 11) is 0. The van der Waals surface area contributed by atoms with Crippen molar-refractivity contribution in [1.29, 1.82) is 0 Å². The van der Waals surface area contributed by atoms with E-state index in [9.17, 15) is 4.79 Å². The fourth-order valence-electron chi connectivity index (χ4n) is 4.40. The van der Waals surface area contributed by atoms with Gasteiger partial charge in [-0.3, -0.25) is 4.98 Å². The maximum Gasteiger partial charge on any atom is 0.410 e. The summed E-state index contributed by atoms with van der Waals surface area (Å²) in [4.78, 5) is 19.1. The summed E-state index contributed by atoms with van der Waals surface area (Å²) in [5.41, 5.74) is 4.08. The quantitative estimate of drug-likeness (QED) is 0.446. The van der Waals surface area contributed by atoms with Crippen LogP contribution in [-0.2, 0) is 4.74 Å². The van der Waals surface area contributed by atoms with Crippen LogP contribution in [0.3, 0.4) is 0 Å². The van der Waals surface area contributed by atoms with E-state index < -0.39 is 5.60 Å². The maximum absolute atomic E-state index is 12.5. The van der Waals surface area contributed by atoms with Gasteiger partial charge >= 0.3 is 6.09 Å². The molecule has 158 valence electrons. The van der Waals surface area contributed by atoms with Gasteiger partial charge in [0.2, 0.25) is 0 Å². The molecule has 0 saturated carbocycles. The second-order valence-electron chi connectivity index (χ2n) is 8.98. The third-order valence-electron chi connectivity index (χ3n) is 5.72. The fourth-order valence-corrected chi connectivity index (χ4v) is 5.16. The topological polar surface area (TPSA) is 42.4 Å². The molecule has 1 saturated heterocycles. The molecule has 4 nitrogen and oxygen atoms in total. The lowest BCUT2D eigenvalue weighted by Gasteiger charge is -2.37. The molecule has 4 rings (SSSR count). The van der Waals surface area contributed by atoms with E-state index >= 15 is 0 Å². The van der Waals surface area contributed by atoms with Gasteiger partial charge in [-0.15, -0.1) is 0 Å². The summed E-state index contributed by atoms with van der Waals surface area (Å²) >= 11 is 10.1. The molecule has 2 heterocycles. The summed E-state index contributed by atoms with van der Waals surface area (Å²) < 4.78 is 6.58. The first-order valence-corrected chi connectivity index (χ1v) is 11.5. The van der Waals surface area contributed by atoms with Crippen molar-refractivity contribution in [2.24, 2.45) is 5.92 Å². The van der Waals surface area contributed by atoms with Crippen molar-refractivity contribution < 1.29 is 9.53 Å². The minimum absolute atomic E-state index is 0.153. The molecule has 1 unspecified atom stereocenters. The Morgan fingerprint density at radius 3 is 2.67 bits per heavy atom. The van der Waals surface area contributed by atoms with E-state index in [1.54, 1.807) is 0 Å². The van der Waals surface area contributed by atoms with Crippen molar-refractivity contribution in [1.82, 2.24) is 9.88 Å². The highest BCUT2D eigenvalue weighted by Gasteiger charge is 2.35. The highest BCUT2D eigenvalue weighted by atomic mass is 79.9. The van der Waals surface area contributed by atoms with E-state index in [0.717, 1.165) is 39.2 Å². The number of pyridine rings is 1. The van der Waals surface area contributed by atoms with E-state index in [1.165, 1.54) is 5.56 Å². The second kappa shape index (κ2) is 8.35. The lowest BCUT2D eigenvalue weighted by atomic mass is 9.76. The summed E-state index contributed by atoms with van der Waals surface area (Å²) in [5.74, 6) is 0.532. The lowest BCUT2D eigenvalue weighted by Crippen LogP contribution is -2.42. The number of likely N-dealkylation sites (tertiary alicyclic amines) is 1. The number of amides is 1. The van der Waals surface area contributed by atoms with Gasteiger partial charge in [0.25, 0.3) is 0 Å². The maximum atomic E-state index is 12.5. The molecular formula is C24H26BrClN2O2. The van der Waals surface area contributed by atoms with E-state index in [4.69, 9.17) is 21.3 Å². The summed E-state index contributed by atoms with van der Waals surface area (Å²) in [6.45, 7) is 7.08. The average molecular weight is 490 g/mol. The van der Waals surface area contributed by atoms with Gasteiger partial charge in [0.1, 0.15) is 5.60 Å². The zero-order valence-electron chi connectivity index (χ0n) is 17.5. The SMILES string of the molecule is CC(C)(C)OC(=O)N1CCC(C2c3ccc(Cl)cc3C(Br)=Cc3cccnc32)CC1. The number of hydrogen-bond donors (Lipinski definition) is 0. The number of nitrogens with zero attached hydrogens (tertiary/aromatic N) is 2. The van der Waals surface area contributed by atoms with Gasteiger partial charge in [0, 0.05) is 34.7 Å². The number of ether oxygens (including phenoxy) is 1. The van der Waals surface area contributed by atoms with Gasteiger partial charge in [-0.2, -0.15) is 0 Å². The Morgan fingerprint density at radius 2 is 1.97 bits per heavy atom. The molecule has 6 heteroatoms. The molecule has 1 atom stereocenters. The van der Waals surface area contributed by atoms with Crippen molar-refractivity contribution in [2.75, 3.05) is 13.1 Å². The Labute approximate surface area is 191 Å². The number of hydrogen-bond acceptors (Lipinski definition) is 3. The first kappa shape index (κ1) is 21.4. The van der Waals surface area contributed by atoms with Crippen LogP contribution in [0, 0.1) is 5.92 Å². The second-order valence-corrected chi connectivity index (χ2v) is 10.3. The minimum Gasteiger partial charge on any atom is -0.444 e. The summed E-state index contributed by atoms with van der Waals surface area (Å²) in [6, 6.07) is 10.2. The zero-order chi connectivity index (χ0) is 21.5. The van der Waals surface area contributed by atoms with Crippen molar-refractivity contribution >= 4 is 44.2 Å². The predicted molar refractivity (Wildman–Crippen MR) is 125 cm³/mol. The van der Waals surface area contributed by atoms with Crippen LogP contribution >= 0.6 is 27.5 Å². The van der Waals surface area contributed by atoms with Gasteiger partial charge in [-0.25, -0.2) is 4.79 Å². The summed E-state index contributed by atoms with van der Waals surface area (Å²) in [5, 5.41) is 0.719. The normalized spacial score (nSPS) is 19.4. The van der Waals surface area contributed by atoms with Crippen LogP contribution in [-0.4, -0.2) is 34.7 Å². The molecule has 1 aromatic carbocycles. The van der Waals surface area contributed by atoms with Crippen molar-refractivity contribution in [3.05, 3.63) is 63.9 Å². The monoisotopic (exact) mass is 488 g/mol. The van der Waals surface area contributed by atoms with Crippen LogP contribution in [0.5, 0.6) is 0 Å². The van der Waals surface area contributed by atoms with Crippen LogP contribution < -0.4 is 0 Å². The molecule has 1 aromatic heterocycles. The molecule has 2 aromatic rings. The third kappa shape index (κ3) is 4.42. The number of piperidine rings is 1. The van der Waals surface area contributed by atoms with Gasteiger partial charge in [-0.05, 0) is 80.5 Å². The fraction of sp³-hybridized carbons (Fsp3) is 0.417. The molecular weight excluding hydrogens is 464 g/mol. The molecule has 1 fully saturated rings. The smallest absolute Gasteiger partial charge is 0.410 e. The van der Waals surface area contributed by atoms with Crippen LogP contribution in [0.1, 0.15) is 61.9 Å². The van der Waals surface area contributed by atoms with E-state index in [1.807, 2.05) is 50.1 Å². The van der Waals surface area contributed by atoms with Crippen LogP contribution in [0.15, 0.2) is 36.5 Å². The highest BCUT2D eigenvalue weighted by molar-refractivity contribution is 9.15. The zero-order valence-corrected chi connectivity index (χ0v) is 19.8. The molecule has 0 bridgehead atoms. The minimum atomic E-state index is -0.478. The first-order valence-electron chi connectivity index (χ1n) is 10.3. The molecule has 1 aliphatic carbocycles. The largest absolute Gasteiger partial charge is 0.444 e. The predicted octanol–water partition coefficient (Wildman–Crippen LogP) is 6.72. The number of carbonyl (C=O) groups is 1. The first-order chi connectivity index (χ1) is 14.2. The molecule has 1 aliphatic heterocycles. The van der Waals surface area contributed by atoms with Crippen LogP contribution in [0.2, 0.25) is 5.02 Å². The molecule has 30 heavy (non-hydrogen) atoms. The molecule has 1 amide bonds. The Kier molecular flexibility index (Phi) is 5.95. The highest BCUT2D eigenvalue weighted by Crippen LogP contribution is 2.46. The van der Waals surface area contributed by atoms with Crippen molar-refractivity contribution in [3.8, 4) is 0 Å². The summed E-state index contributed by atoms with van der Waals surface area (Å²) in [6.07, 6.45) is 5.58. The number of halogens is 2. The Bertz CT molecular complexity index is 991. The third-order valence-corrected chi connectivity index (χ3v) is 6.61. The van der Waals surface area contributed by atoms with Crippen molar-refractivity contribution in [2.45, 2.75) is 45.1 Å². The van der Waals surface area contributed by atoms with Gasteiger partial charge < -0.3 is 9.64 Å². The van der Waals surface area contributed by atoms with E-state index in [-0.39, 0.29) is 12.0 Å². The Morgan fingerprint density at radius 1 is 1.23 bits per heavy atom. The van der Waals surface area contributed by atoms with Gasteiger partial charge in [0.15, 0.2) is 0 Å². The van der Waals surface area contributed by atoms with Crippen molar-refractivity contribution in [3.63, 3.8) is 0 Å². The number of benzene rings is 1. The van der Waals surface area contributed by atoms with Crippen LogP contribution in [0.25, 0.3) is 10.6 Å². The Hall–Kier alpha value is -1.85. The molecule has 0 N–H and O–H groups in total. The molecule has 2 aliphatic rings. The number of fused-ring (bicyclic) bond motifs is 2. The standard InChI is InChI=1S/C24H26BrClN2O2/c1-24(2,3)30-23(29)28-11-8-15(9-12-28)21-18-7-6-17(26)14-19(18)20(25)13-16-5-4-10-27-22(16)21/h4-7,10,13-15,21H,8-9,11-12H2,1-3H3. The number of rotatable bonds is 1. The molecule has 0 spiro atoms. The number of carbonyl (C=O) groups excluding carboxylic acids is 1. The Balaban J connectivity index is 1.64. The van der Waals surface area contributed by atoms with Gasteiger partial charge in [0.05, 0.1) is 5.69 Å². The average Bonchev–Trinajstić information content (AvgIpc) is 2.81. The van der Waals surface area contributed by atoms with E-state index in [2.05, 4.69) is 34.1 Å². The number of aromatic nitrogens is 1. The molecule has 0 radical (unpaired) electrons.